The van der Waals surface area contributed by atoms with Gasteiger partial charge in [0.15, 0.2) is 0 Å². The van der Waals surface area contributed by atoms with E-state index in [2.05, 4.69) is 22.9 Å². The lowest BCUT2D eigenvalue weighted by Crippen LogP contribution is -2.52. The molecule has 11 heavy (non-hydrogen) atoms. The van der Waals surface area contributed by atoms with Gasteiger partial charge in [-0.05, 0) is 27.6 Å². The van der Waals surface area contributed by atoms with Gasteiger partial charge in [-0.15, -0.1) is 0 Å². The zero-order valence-electron chi connectivity index (χ0n) is 8.07. The van der Waals surface area contributed by atoms with Gasteiger partial charge in [-0.2, -0.15) is 0 Å². The molecule has 0 saturated heterocycles. The van der Waals surface area contributed by atoms with Crippen molar-refractivity contribution < 1.29 is 0 Å². The van der Waals surface area contributed by atoms with Crippen LogP contribution in [0.2, 0.25) is 0 Å². The normalized spacial score (nSPS) is 13.9. The molecule has 0 aliphatic rings. The maximum atomic E-state index is 3.28. The third-order valence-corrected chi connectivity index (χ3v) is 1.99. The van der Waals surface area contributed by atoms with Gasteiger partial charge >= 0.3 is 0 Å². The fourth-order valence-electron chi connectivity index (χ4n) is 1.34. The van der Waals surface area contributed by atoms with Gasteiger partial charge in [-0.3, -0.25) is 0 Å². The van der Waals surface area contributed by atoms with Crippen LogP contribution in [0.4, 0.5) is 0 Å². The van der Waals surface area contributed by atoms with Gasteiger partial charge < -0.3 is 16.0 Å². The molecular weight excluding hydrogens is 138 g/mol. The van der Waals surface area contributed by atoms with E-state index in [1.165, 1.54) is 12.8 Å². The van der Waals surface area contributed by atoms with Crippen LogP contribution in [0.3, 0.4) is 0 Å². The number of hydrogen-bond donors (Lipinski definition) is 3. The number of nitrogens with one attached hydrogen (secondary N) is 3. The number of rotatable bonds is 6. The number of likely N-dealkylation sites (N-methyl/N-ethyl adjacent to an activating group) is 3. The highest BCUT2D eigenvalue weighted by molar-refractivity contribution is 4.76. The Morgan fingerprint density at radius 2 is 1.55 bits per heavy atom. The second-order valence-electron chi connectivity index (χ2n) is 2.74. The largest absolute Gasteiger partial charge is 0.314 e. The molecule has 0 rings (SSSR count). The predicted octanol–water partition coefficient (Wildman–Crippen LogP) is 0.139. The Morgan fingerprint density at radius 3 is 1.82 bits per heavy atom. The van der Waals surface area contributed by atoms with Crippen molar-refractivity contribution >= 4 is 0 Å². The molecule has 0 radical (unpaired) electrons. The van der Waals surface area contributed by atoms with Crippen LogP contribution in [0.15, 0.2) is 0 Å². The topological polar surface area (TPSA) is 36.1 Å². The van der Waals surface area contributed by atoms with E-state index in [0.29, 0.717) is 12.2 Å². The standard InChI is InChI=1S/C8H21N3/c1-5-6-7(9-2)8(10-3)11-4/h7-11H,5-6H2,1-4H3. The minimum Gasteiger partial charge on any atom is -0.314 e. The zero-order chi connectivity index (χ0) is 8.69. The molecule has 0 spiro atoms. The van der Waals surface area contributed by atoms with Crippen molar-refractivity contribution in [3.63, 3.8) is 0 Å². The van der Waals surface area contributed by atoms with E-state index in [4.69, 9.17) is 0 Å². The van der Waals surface area contributed by atoms with E-state index >= 15 is 0 Å². The SMILES string of the molecule is CCCC(NC)C(NC)NC. The minimum absolute atomic E-state index is 0.375. The summed E-state index contributed by atoms with van der Waals surface area (Å²) in [6.07, 6.45) is 2.79. The van der Waals surface area contributed by atoms with Crippen molar-refractivity contribution in [1.29, 1.82) is 0 Å². The van der Waals surface area contributed by atoms with Crippen LogP contribution in [0.1, 0.15) is 19.8 Å². The summed E-state index contributed by atoms with van der Waals surface area (Å²) in [5.41, 5.74) is 0. The molecule has 0 amide bonds. The first-order valence-electron chi connectivity index (χ1n) is 4.31. The Kier molecular flexibility index (Phi) is 6.51. The minimum atomic E-state index is 0.375. The Balaban J connectivity index is 3.76. The smallest absolute Gasteiger partial charge is 0.0725 e. The summed E-state index contributed by atoms with van der Waals surface area (Å²) in [7, 11) is 5.95. The summed E-state index contributed by atoms with van der Waals surface area (Å²) in [5, 5.41) is 9.71. The molecule has 1 atom stereocenters. The Labute approximate surface area is 69.9 Å². The van der Waals surface area contributed by atoms with E-state index in [1.807, 2.05) is 21.1 Å². The summed E-state index contributed by atoms with van der Waals surface area (Å²) in [6, 6.07) is 0.523. The lowest BCUT2D eigenvalue weighted by atomic mass is 10.1. The molecule has 3 heteroatoms. The lowest BCUT2D eigenvalue weighted by Gasteiger charge is -2.25. The predicted molar refractivity (Wildman–Crippen MR) is 49.7 cm³/mol. The van der Waals surface area contributed by atoms with Gasteiger partial charge in [0.25, 0.3) is 0 Å². The molecule has 0 aliphatic heterocycles. The second kappa shape index (κ2) is 6.58. The molecule has 0 aromatic carbocycles. The molecule has 0 aromatic rings. The van der Waals surface area contributed by atoms with Crippen LogP contribution in [-0.2, 0) is 0 Å². The highest BCUT2D eigenvalue weighted by Crippen LogP contribution is 1.98. The molecule has 0 heterocycles. The summed E-state index contributed by atoms with van der Waals surface area (Å²) in [6.45, 7) is 2.20. The van der Waals surface area contributed by atoms with Crippen LogP contribution < -0.4 is 16.0 Å². The van der Waals surface area contributed by atoms with Crippen LogP contribution >= 0.6 is 0 Å². The fourth-order valence-corrected chi connectivity index (χ4v) is 1.34. The zero-order valence-corrected chi connectivity index (χ0v) is 8.07. The molecule has 0 fully saturated rings. The van der Waals surface area contributed by atoms with E-state index in [-0.39, 0.29) is 0 Å². The molecule has 68 valence electrons. The van der Waals surface area contributed by atoms with Crippen LogP contribution in [0.25, 0.3) is 0 Å². The van der Waals surface area contributed by atoms with Crippen molar-refractivity contribution in [2.24, 2.45) is 0 Å². The number of hydrogen-bond acceptors (Lipinski definition) is 3. The Bertz CT molecular complexity index is 81.4. The molecule has 0 saturated carbocycles. The molecule has 0 aromatic heterocycles. The molecule has 3 nitrogen and oxygen atoms in total. The summed E-state index contributed by atoms with van der Waals surface area (Å²) >= 11 is 0. The molecule has 0 aliphatic carbocycles. The summed E-state index contributed by atoms with van der Waals surface area (Å²) < 4.78 is 0. The van der Waals surface area contributed by atoms with Crippen molar-refractivity contribution in [2.75, 3.05) is 21.1 Å². The van der Waals surface area contributed by atoms with Gasteiger partial charge in [0.05, 0.1) is 6.17 Å². The van der Waals surface area contributed by atoms with Gasteiger partial charge in [-0.25, -0.2) is 0 Å². The lowest BCUT2D eigenvalue weighted by molar-refractivity contribution is 0.348. The van der Waals surface area contributed by atoms with Crippen LogP contribution in [0, 0.1) is 0 Å². The third-order valence-electron chi connectivity index (χ3n) is 1.99. The highest BCUT2D eigenvalue weighted by atomic mass is 15.1. The van der Waals surface area contributed by atoms with E-state index < -0.39 is 0 Å². The van der Waals surface area contributed by atoms with Crippen molar-refractivity contribution in [1.82, 2.24) is 16.0 Å². The third kappa shape index (κ3) is 3.70. The Morgan fingerprint density at radius 1 is 1.00 bits per heavy atom. The summed E-state index contributed by atoms with van der Waals surface area (Å²) in [5.74, 6) is 0. The first-order chi connectivity index (χ1) is 5.29. The first kappa shape index (κ1) is 10.9. The maximum absolute atomic E-state index is 3.28. The quantitative estimate of drug-likeness (QED) is 0.482. The van der Waals surface area contributed by atoms with E-state index in [0.717, 1.165) is 0 Å². The molecular formula is C8H21N3. The molecule has 3 N–H and O–H groups in total. The van der Waals surface area contributed by atoms with Crippen molar-refractivity contribution in [3.05, 3.63) is 0 Å². The van der Waals surface area contributed by atoms with Crippen LogP contribution in [0.5, 0.6) is 0 Å². The van der Waals surface area contributed by atoms with Gasteiger partial charge in [0.2, 0.25) is 0 Å². The monoisotopic (exact) mass is 159 g/mol. The highest BCUT2D eigenvalue weighted by Gasteiger charge is 2.14. The fraction of sp³-hybridized carbons (Fsp3) is 1.00. The van der Waals surface area contributed by atoms with Gasteiger partial charge in [-0.1, -0.05) is 13.3 Å². The van der Waals surface area contributed by atoms with Gasteiger partial charge in [0, 0.05) is 6.04 Å². The average molecular weight is 159 g/mol. The van der Waals surface area contributed by atoms with Crippen molar-refractivity contribution in [2.45, 2.75) is 32.0 Å². The average Bonchev–Trinajstić information content (AvgIpc) is 2.05. The van der Waals surface area contributed by atoms with E-state index in [9.17, 15) is 0 Å². The summed E-state index contributed by atoms with van der Waals surface area (Å²) in [4.78, 5) is 0. The van der Waals surface area contributed by atoms with Crippen LogP contribution in [-0.4, -0.2) is 33.4 Å². The first-order valence-corrected chi connectivity index (χ1v) is 4.31. The second-order valence-corrected chi connectivity index (χ2v) is 2.74. The Hall–Kier alpha value is -0.120. The molecule has 0 bridgehead atoms. The van der Waals surface area contributed by atoms with Gasteiger partial charge in [0.1, 0.15) is 0 Å². The van der Waals surface area contributed by atoms with E-state index in [1.54, 1.807) is 0 Å². The molecule has 1 unspecified atom stereocenters. The maximum Gasteiger partial charge on any atom is 0.0725 e. The van der Waals surface area contributed by atoms with Crippen molar-refractivity contribution in [3.8, 4) is 0 Å².